The van der Waals surface area contributed by atoms with E-state index in [1.165, 1.54) is 6.33 Å². The second kappa shape index (κ2) is 5.91. The number of hydroxylamine groups is 1. The maximum Gasteiger partial charge on any atom is 0.256 e. The molecule has 5 rings (SSSR count). The zero-order valence-electron chi connectivity index (χ0n) is 15.3. The fourth-order valence-corrected chi connectivity index (χ4v) is 3.26. The number of hydrogen-bond donors (Lipinski definition) is 3. The molecule has 1 unspecified atom stereocenters. The van der Waals surface area contributed by atoms with Gasteiger partial charge in [-0.2, -0.15) is 0 Å². The van der Waals surface area contributed by atoms with E-state index in [1.54, 1.807) is 6.92 Å². The summed E-state index contributed by atoms with van der Waals surface area (Å²) in [7, 11) is 0. The van der Waals surface area contributed by atoms with Crippen molar-refractivity contribution in [1.82, 2.24) is 20.8 Å². The largest absolute Gasteiger partial charge is 0.442 e. The summed E-state index contributed by atoms with van der Waals surface area (Å²) in [5, 5.41) is 6.93. The van der Waals surface area contributed by atoms with E-state index in [1.807, 2.05) is 0 Å². The maximum atomic E-state index is 12.9. The van der Waals surface area contributed by atoms with E-state index in [2.05, 4.69) is 38.0 Å². The quantitative estimate of drug-likeness (QED) is 0.711. The predicted octanol–water partition coefficient (Wildman–Crippen LogP) is 1.89. The van der Waals surface area contributed by atoms with Crippen molar-refractivity contribution >= 4 is 28.7 Å². The van der Waals surface area contributed by atoms with E-state index in [0.717, 1.165) is 25.7 Å². The molecule has 3 heterocycles. The molecule has 0 radical (unpaired) electrons. The first-order chi connectivity index (χ1) is 13.0. The highest BCUT2D eigenvalue weighted by Crippen LogP contribution is 2.40. The average molecular weight is 370 g/mol. The molecule has 2 aromatic heterocycles. The van der Waals surface area contributed by atoms with E-state index in [9.17, 15) is 4.79 Å². The smallest absolute Gasteiger partial charge is 0.256 e. The molecular formula is C18H22N6O3. The van der Waals surface area contributed by atoms with Gasteiger partial charge in [-0.3, -0.25) is 4.79 Å². The van der Waals surface area contributed by atoms with Crippen LogP contribution in [-0.4, -0.2) is 40.0 Å². The van der Waals surface area contributed by atoms with E-state index >= 15 is 0 Å². The van der Waals surface area contributed by atoms with Gasteiger partial charge in [-0.25, -0.2) is 25.3 Å². The highest BCUT2D eigenvalue weighted by molar-refractivity contribution is 6.10. The molecule has 2 aliphatic carbocycles. The Morgan fingerprint density at radius 2 is 2.19 bits per heavy atom. The van der Waals surface area contributed by atoms with Crippen LogP contribution in [0.1, 0.15) is 48.7 Å². The van der Waals surface area contributed by atoms with Gasteiger partial charge in [0.15, 0.2) is 6.23 Å². The van der Waals surface area contributed by atoms with E-state index < -0.39 is 0 Å². The molecule has 0 aromatic carbocycles. The molecule has 1 atom stereocenters. The third-order valence-electron chi connectivity index (χ3n) is 5.33. The van der Waals surface area contributed by atoms with Gasteiger partial charge in [0.1, 0.15) is 23.7 Å². The summed E-state index contributed by atoms with van der Waals surface area (Å²) in [5.41, 5.74) is 3.70. The van der Waals surface area contributed by atoms with Crippen molar-refractivity contribution in [3.05, 3.63) is 17.7 Å². The summed E-state index contributed by atoms with van der Waals surface area (Å²) in [6, 6.07) is 0. The number of amides is 1. The van der Waals surface area contributed by atoms with Crippen molar-refractivity contribution in [1.29, 1.82) is 0 Å². The lowest BCUT2D eigenvalue weighted by Gasteiger charge is -2.13. The van der Waals surface area contributed by atoms with Crippen LogP contribution in [0, 0.1) is 12.8 Å². The Labute approximate surface area is 155 Å². The van der Waals surface area contributed by atoms with Gasteiger partial charge in [0.2, 0.25) is 5.71 Å². The normalized spacial score (nSPS) is 23.0. The molecule has 9 nitrogen and oxygen atoms in total. The van der Waals surface area contributed by atoms with Crippen LogP contribution >= 0.6 is 0 Å². The van der Waals surface area contributed by atoms with Gasteiger partial charge < -0.3 is 15.1 Å². The third-order valence-corrected chi connectivity index (χ3v) is 5.33. The average Bonchev–Trinajstić information content (AvgIpc) is 3.53. The van der Waals surface area contributed by atoms with E-state index in [-0.39, 0.29) is 24.2 Å². The Morgan fingerprint density at radius 3 is 2.93 bits per heavy atom. The lowest BCUT2D eigenvalue weighted by molar-refractivity contribution is 0.0245. The molecule has 3 N–H and O–H groups in total. The molecule has 9 heteroatoms. The molecule has 3 aliphatic rings. The molecule has 1 amide bonds. The van der Waals surface area contributed by atoms with Crippen molar-refractivity contribution in [2.45, 2.75) is 51.3 Å². The second-order valence-electron chi connectivity index (χ2n) is 7.83. The zero-order valence-corrected chi connectivity index (χ0v) is 15.3. The van der Waals surface area contributed by atoms with Gasteiger partial charge >= 0.3 is 0 Å². The second-order valence-corrected chi connectivity index (χ2v) is 7.83. The van der Waals surface area contributed by atoms with Gasteiger partial charge in [0.05, 0.1) is 17.5 Å². The van der Waals surface area contributed by atoms with Crippen LogP contribution in [0.4, 0.5) is 5.82 Å². The molecule has 2 saturated carbocycles. The first kappa shape index (κ1) is 16.5. The summed E-state index contributed by atoms with van der Waals surface area (Å²) in [6.07, 6.45) is 5.76. The van der Waals surface area contributed by atoms with Gasteiger partial charge in [-0.05, 0) is 39.5 Å². The van der Waals surface area contributed by atoms with Crippen LogP contribution in [0.15, 0.2) is 15.7 Å². The molecule has 142 valence electrons. The van der Waals surface area contributed by atoms with Crippen LogP contribution in [0.25, 0.3) is 11.1 Å². The first-order valence-corrected chi connectivity index (χ1v) is 9.31. The minimum Gasteiger partial charge on any atom is -0.442 e. The number of rotatable bonds is 6. The highest BCUT2D eigenvalue weighted by atomic mass is 16.7. The minimum absolute atomic E-state index is 0.0257. The summed E-state index contributed by atoms with van der Waals surface area (Å²) in [6.45, 7) is 4.16. The lowest BCUT2D eigenvalue weighted by atomic mass is 10.1. The summed E-state index contributed by atoms with van der Waals surface area (Å²) in [5.74, 6) is 2.03. The fourth-order valence-electron chi connectivity index (χ4n) is 3.26. The van der Waals surface area contributed by atoms with Crippen LogP contribution in [0.5, 0.6) is 0 Å². The Hall–Kier alpha value is -2.68. The van der Waals surface area contributed by atoms with Crippen LogP contribution in [-0.2, 0) is 4.84 Å². The van der Waals surface area contributed by atoms with E-state index in [4.69, 9.17) is 9.25 Å². The van der Waals surface area contributed by atoms with Gasteiger partial charge in [-0.1, -0.05) is 0 Å². The van der Waals surface area contributed by atoms with Crippen molar-refractivity contribution in [3.8, 4) is 0 Å². The van der Waals surface area contributed by atoms with Gasteiger partial charge in [-0.15, -0.1) is 0 Å². The number of amidine groups is 1. The zero-order chi connectivity index (χ0) is 18.6. The number of fused-ring (bicyclic) bond motifs is 1. The van der Waals surface area contributed by atoms with E-state index in [0.29, 0.717) is 40.0 Å². The van der Waals surface area contributed by atoms with Crippen molar-refractivity contribution in [3.63, 3.8) is 0 Å². The van der Waals surface area contributed by atoms with Crippen molar-refractivity contribution in [2.24, 2.45) is 10.9 Å². The number of nitrogens with one attached hydrogen (secondary N) is 3. The van der Waals surface area contributed by atoms with Gasteiger partial charge in [0.25, 0.3) is 5.91 Å². The molecule has 0 saturated heterocycles. The van der Waals surface area contributed by atoms with Crippen LogP contribution in [0.3, 0.4) is 0 Å². The summed E-state index contributed by atoms with van der Waals surface area (Å²) < 4.78 is 5.70. The summed E-state index contributed by atoms with van der Waals surface area (Å²) in [4.78, 5) is 31.3. The number of furan rings is 1. The third kappa shape index (κ3) is 3.12. The molecule has 2 aromatic rings. The number of carbonyl (C=O) groups excluding carboxylic acids is 1. The molecule has 2 fully saturated rings. The number of anilines is 1. The van der Waals surface area contributed by atoms with Crippen molar-refractivity contribution < 1.29 is 14.0 Å². The topological polar surface area (TPSA) is 114 Å². The van der Waals surface area contributed by atoms with Crippen LogP contribution in [0.2, 0.25) is 0 Å². The highest BCUT2D eigenvalue weighted by Gasteiger charge is 2.39. The maximum absolute atomic E-state index is 12.9. The fraction of sp³-hybridized carbons (Fsp3) is 0.556. The molecular weight excluding hydrogens is 348 g/mol. The Balaban J connectivity index is 1.37. The number of nitrogens with zero attached hydrogens (tertiary/aromatic N) is 3. The number of aliphatic imine (C=N–C) groups is 1. The van der Waals surface area contributed by atoms with Gasteiger partial charge in [0, 0.05) is 11.5 Å². The molecule has 1 aliphatic heterocycles. The molecule has 0 bridgehead atoms. The number of hydrogen-bond acceptors (Lipinski definition) is 8. The monoisotopic (exact) mass is 370 g/mol. The number of aromatic nitrogens is 2. The molecule has 0 spiro atoms. The minimum atomic E-state index is -0.246. The SMILES string of the molecule is Cc1oc2ncnc(NC3(C)CC3)c2c1C(=O)NCC1=NC(C2CC2)ON1. The Morgan fingerprint density at radius 1 is 1.37 bits per heavy atom. The number of aryl methyl sites for hydroxylation is 1. The van der Waals surface area contributed by atoms with Crippen LogP contribution < -0.4 is 16.1 Å². The number of carbonyl (C=O) groups is 1. The predicted molar refractivity (Wildman–Crippen MR) is 98.3 cm³/mol. The standard InChI is InChI=1S/C18H22N6O3/c1-9-12(15(25)19-7-11-22-16(27-24-11)10-3-4-10)13-14(23-18(2)5-6-18)20-8-21-17(13)26-9/h8,10,16H,3-7H2,1-2H3,(H,19,25)(H,22,24)(H,20,21,23). The molecule has 27 heavy (non-hydrogen) atoms. The Bertz CT molecular complexity index is 944. The first-order valence-electron chi connectivity index (χ1n) is 9.31. The Kier molecular flexibility index (Phi) is 3.61. The summed E-state index contributed by atoms with van der Waals surface area (Å²) >= 11 is 0. The lowest BCUT2D eigenvalue weighted by Crippen LogP contribution is -2.34. The van der Waals surface area contributed by atoms with Crippen molar-refractivity contribution in [2.75, 3.05) is 11.9 Å².